The smallest absolute Gasteiger partial charge is 0.190 e. The van der Waals surface area contributed by atoms with Gasteiger partial charge in [0.1, 0.15) is 6.07 Å². The van der Waals surface area contributed by atoms with E-state index in [0.29, 0.717) is 0 Å². The quantitative estimate of drug-likeness (QED) is 0.749. The van der Waals surface area contributed by atoms with Gasteiger partial charge in [0.05, 0.1) is 13.1 Å². The number of nitriles is 1. The standard InChI is InChI=1S/C16H24N2/c17-11-16(18-4-2-1-3-5-18)14-7-12-6-13(9-14)10-15(16)8-12/h12-15H,1-10H2/p+1. The zero-order chi connectivity index (χ0) is 12.2. The Balaban J connectivity index is 1.69. The minimum atomic E-state index is 0.0356. The SMILES string of the molecule is N#CC1([NH+]2CCCCC2)C2CC3CC(C2)CC1C3. The average Bonchev–Trinajstić information content (AvgIpc) is 2.40. The number of nitrogens with one attached hydrogen (secondary N) is 1. The van der Waals surface area contributed by atoms with Crippen LogP contribution >= 0.6 is 0 Å². The van der Waals surface area contributed by atoms with Gasteiger partial charge in [-0.1, -0.05) is 0 Å². The van der Waals surface area contributed by atoms with Crippen molar-refractivity contribution in [2.24, 2.45) is 23.7 Å². The van der Waals surface area contributed by atoms with Crippen LogP contribution in [-0.4, -0.2) is 18.6 Å². The summed E-state index contributed by atoms with van der Waals surface area (Å²) in [5, 5.41) is 10.0. The third kappa shape index (κ3) is 1.37. The van der Waals surface area contributed by atoms with Crippen molar-refractivity contribution in [1.82, 2.24) is 0 Å². The summed E-state index contributed by atoms with van der Waals surface area (Å²) in [5.74, 6) is 3.45. The second kappa shape index (κ2) is 3.97. The zero-order valence-corrected chi connectivity index (χ0v) is 11.3. The number of likely N-dealkylation sites (tertiary alicyclic amines) is 1. The molecule has 0 aromatic heterocycles. The largest absolute Gasteiger partial charge is 0.318 e. The van der Waals surface area contributed by atoms with E-state index in [1.807, 2.05) is 0 Å². The first kappa shape index (κ1) is 11.3. The van der Waals surface area contributed by atoms with Gasteiger partial charge >= 0.3 is 0 Å². The van der Waals surface area contributed by atoms with Crippen LogP contribution in [0.25, 0.3) is 0 Å². The minimum Gasteiger partial charge on any atom is -0.318 e. The highest BCUT2D eigenvalue weighted by Crippen LogP contribution is 2.57. The van der Waals surface area contributed by atoms with Gasteiger partial charge in [-0.05, 0) is 63.2 Å². The molecule has 0 atom stereocenters. The molecule has 1 N–H and O–H groups in total. The molecule has 4 aliphatic carbocycles. The molecule has 0 radical (unpaired) electrons. The Morgan fingerprint density at radius 1 is 0.833 bits per heavy atom. The zero-order valence-electron chi connectivity index (χ0n) is 11.3. The molecule has 0 aromatic rings. The second-order valence-corrected chi connectivity index (χ2v) is 7.45. The molecule has 5 rings (SSSR count). The van der Waals surface area contributed by atoms with Gasteiger partial charge in [-0.3, -0.25) is 0 Å². The van der Waals surface area contributed by atoms with E-state index in [1.165, 1.54) is 64.5 Å². The van der Waals surface area contributed by atoms with Gasteiger partial charge in [-0.25, -0.2) is 0 Å². The molecule has 1 saturated heterocycles. The molecule has 18 heavy (non-hydrogen) atoms. The summed E-state index contributed by atoms with van der Waals surface area (Å²) < 4.78 is 0. The fourth-order valence-corrected chi connectivity index (χ4v) is 6.16. The van der Waals surface area contributed by atoms with Crippen LogP contribution in [0, 0.1) is 35.0 Å². The van der Waals surface area contributed by atoms with Crippen LogP contribution in [0.3, 0.4) is 0 Å². The fraction of sp³-hybridized carbons (Fsp3) is 0.938. The molecular formula is C16H25N2+. The molecule has 4 bridgehead atoms. The summed E-state index contributed by atoms with van der Waals surface area (Å²) in [5.41, 5.74) is 0.0356. The topological polar surface area (TPSA) is 28.2 Å². The summed E-state index contributed by atoms with van der Waals surface area (Å²) in [6.45, 7) is 2.55. The fourth-order valence-electron chi connectivity index (χ4n) is 6.16. The van der Waals surface area contributed by atoms with Gasteiger partial charge in [0.15, 0.2) is 5.54 Å². The van der Waals surface area contributed by atoms with E-state index in [4.69, 9.17) is 0 Å². The highest BCUT2D eigenvalue weighted by Gasteiger charge is 2.63. The van der Waals surface area contributed by atoms with E-state index in [9.17, 15) is 5.26 Å². The number of hydrogen-bond donors (Lipinski definition) is 1. The molecule has 5 aliphatic rings. The van der Waals surface area contributed by atoms with Crippen LogP contribution < -0.4 is 4.90 Å². The lowest BCUT2D eigenvalue weighted by Crippen LogP contribution is -3.23. The van der Waals surface area contributed by atoms with Gasteiger partial charge in [0, 0.05) is 11.8 Å². The number of piperidine rings is 1. The molecular weight excluding hydrogens is 220 g/mol. The summed E-state index contributed by atoms with van der Waals surface area (Å²) in [6, 6.07) is 2.89. The number of hydrogen-bond acceptors (Lipinski definition) is 1. The Morgan fingerprint density at radius 3 is 1.89 bits per heavy atom. The first-order valence-electron chi connectivity index (χ1n) is 8.09. The van der Waals surface area contributed by atoms with Gasteiger partial charge < -0.3 is 4.90 Å². The summed E-state index contributed by atoms with van der Waals surface area (Å²) in [6.07, 6.45) is 11.1. The first-order valence-corrected chi connectivity index (χ1v) is 8.09. The molecule has 0 spiro atoms. The van der Waals surface area contributed by atoms with Crippen molar-refractivity contribution in [1.29, 1.82) is 5.26 Å². The lowest BCUT2D eigenvalue weighted by molar-refractivity contribution is -0.960. The van der Waals surface area contributed by atoms with E-state index in [-0.39, 0.29) is 5.54 Å². The monoisotopic (exact) mass is 245 g/mol. The van der Waals surface area contributed by atoms with Crippen LogP contribution in [0.4, 0.5) is 0 Å². The van der Waals surface area contributed by atoms with E-state index in [0.717, 1.165) is 23.7 Å². The Labute approximate surface area is 110 Å². The highest BCUT2D eigenvalue weighted by molar-refractivity contribution is 5.17. The normalized spacial score (nSPS) is 51.3. The predicted molar refractivity (Wildman–Crippen MR) is 69.9 cm³/mol. The predicted octanol–water partition coefficient (Wildman–Crippen LogP) is 1.77. The average molecular weight is 245 g/mol. The Hall–Kier alpha value is -0.550. The van der Waals surface area contributed by atoms with Crippen molar-refractivity contribution >= 4 is 0 Å². The summed E-state index contributed by atoms with van der Waals surface area (Å²) in [4.78, 5) is 1.69. The first-order chi connectivity index (χ1) is 8.83. The maximum absolute atomic E-state index is 10.0. The van der Waals surface area contributed by atoms with Crippen molar-refractivity contribution in [3.05, 3.63) is 0 Å². The third-order valence-corrected chi connectivity index (χ3v) is 6.65. The molecule has 1 heterocycles. The number of quaternary nitrogens is 1. The maximum Gasteiger partial charge on any atom is 0.190 e. The van der Waals surface area contributed by atoms with E-state index < -0.39 is 0 Å². The third-order valence-electron chi connectivity index (χ3n) is 6.65. The summed E-state index contributed by atoms with van der Waals surface area (Å²) >= 11 is 0. The van der Waals surface area contributed by atoms with Crippen LogP contribution in [0.1, 0.15) is 51.4 Å². The molecule has 4 saturated carbocycles. The van der Waals surface area contributed by atoms with Crippen LogP contribution in [-0.2, 0) is 0 Å². The van der Waals surface area contributed by atoms with Gasteiger partial charge in [-0.15, -0.1) is 0 Å². The maximum atomic E-state index is 10.0. The van der Waals surface area contributed by atoms with Crippen LogP contribution in [0.2, 0.25) is 0 Å². The van der Waals surface area contributed by atoms with Gasteiger partial charge in [0.25, 0.3) is 0 Å². The van der Waals surface area contributed by atoms with Crippen LogP contribution in [0.5, 0.6) is 0 Å². The van der Waals surface area contributed by atoms with Crippen molar-refractivity contribution in [3.63, 3.8) is 0 Å². The van der Waals surface area contributed by atoms with Crippen molar-refractivity contribution in [2.75, 3.05) is 13.1 Å². The Bertz CT molecular complexity index is 342. The lowest BCUT2D eigenvalue weighted by Gasteiger charge is -2.59. The Kier molecular flexibility index (Phi) is 2.49. The molecule has 2 heteroatoms. The molecule has 0 unspecified atom stereocenters. The van der Waals surface area contributed by atoms with Crippen molar-refractivity contribution in [2.45, 2.75) is 56.9 Å². The molecule has 98 valence electrons. The molecule has 0 aromatic carbocycles. The lowest BCUT2D eigenvalue weighted by atomic mass is 9.48. The van der Waals surface area contributed by atoms with Gasteiger partial charge in [-0.2, -0.15) is 5.26 Å². The van der Waals surface area contributed by atoms with Crippen LogP contribution in [0.15, 0.2) is 0 Å². The molecule has 1 aliphatic heterocycles. The summed E-state index contributed by atoms with van der Waals surface area (Å²) in [7, 11) is 0. The minimum absolute atomic E-state index is 0.0356. The molecule has 0 amide bonds. The molecule has 2 nitrogen and oxygen atoms in total. The van der Waals surface area contributed by atoms with Crippen molar-refractivity contribution in [3.8, 4) is 6.07 Å². The van der Waals surface area contributed by atoms with Gasteiger partial charge in [0.2, 0.25) is 0 Å². The van der Waals surface area contributed by atoms with E-state index in [1.54, 1.807) is 4.90 Å². The number of nitrogens with zero attached hydrogens (tertiary/aromatic N) is 1. The van der Waals surface area contributed by atoms with Crippen molar-refractivity contribution < 1.29 is 4.90 Å². The van der Waals surface area contributed by atoms with E-state index >= 15 is 0 Å². The Morgan fingerprint density at radius 2 is 1.39 bits per heavy atom. The number of rotatable bonds is 1. The second-order valence-electron chi connectivity index (χ2n) is 7.45. The molecule has 5 fully saturated rings. The highest BCUT2D eigenvalue weighted by atomic mass is 15.2. The van der Waals surface area contributed by atoms with E-state index in [2.05, 4.69) is 6.07 Å².